The van der Waals surface area contributed by atoms with Gasteiger partial charge in [-0.1, -0.05) is 12.1 Å². The van der Waals surface area contributed by atoms with Crippen LogP contribution < -0.4 is 10.5 Å². The van der Waals surface area contributed by atoms with Crippen molar-refractivity contribution in [1.82, 2.24) is 0 Å². The quantitative estimate of drug-likeness (QED) is 0.826. The number of aryl methyl sites for hydroxylation is 1. The topological polar surface area (TPSA) is 35.2 Å². The van der Waals surface area contributed by atoms with Crippen LogP contribution in [0.2, 0.25) is 0 Å². The minimum absolute atomic E-state index is 0.790. The Morgan fingerprint density at radius 1 is 1.19 bits per heavy atom. The van der Waals surface area contributed by atoms with Crippen LogP contribution in [0.5, 0.6) is 5.75 Å². The van der Waals surface area contributed by atoms with Crippen molar-refractivity contribution < 1.29 is 4.74 Å². The summed E-state index contributed by atoms with van der Waals surface area (Å²) in [4.78, 5) is 0. The van der Waals surface area contributed by atoms with Crippen molar-refractivity contribution in [2.24, 2.45) is 17.6 Å². The van der Waals surface area contributed by atoms with E-state index in [0.717, 1.165) is 24.1 Å². The lowest BCUT2D eigenvalue weighted by atomic mass is 9.71. The van der Waals surface area contributed by atoms with Crippen LogP contribution in [0.1, 0.15) is 24.8 Å². The lowest BCUT2D eigenvalue weighted by molar-refractivity contribution is 0.172. The zero-order chi connectivity index (χ0) is 11.4. The zero-order valence-electron chi connectivity index (χ0n) is 9.99. The highest BCUT2D eigenvalue weighted by molar-refractivity contribution is 5.27. The molecule has 0 aromatic heterocycles. The summed E-state index contributed by atoms with van der Waals surface area (Å²) in [6.45, 7) is 0.868. The van der Waals surface area contributed by atoms with E-state index in [1.54, 1.807) is 7.11 Å². The largest absolute Gasteiger partial charge is 0.497 e. The Bertz CT molecular complexity index is 318. The number of ether oxygens (including phenoxy) is 1. The fourth-order valence-electron chi connectivity index (χ4n) is 2.47. The second-order valence-electron chi connectivity index (χ2n) is 4.72. The number of rotatable bonds is 5. The molecule has 2 rings (SSSR count). The van der Waals surface area contributed by atoms with E-state index in [9.17, 15) is 0 Å². The minimum atomic E-state index is 0.790. The van der Waals surface area contributed by atoms with Crippen molar-refractivity contribution >= 4 is 0 Å². The molecule has 1 saturated carbocycles. The molecule has 2 atom stereocenters. The highest BCUT2D eigenvalue weighted by Crippen LogP contribution is 2.36. The van der Waals surface area contributed by atoms with Crippen LogP contribution >= 0.6 is 0 Å². The van der Waals surface area contributed by atoms with Gasteiger partial charge in [-0.2, -0.15) is 0 Å². The molecule has 2 nitrogen and oxygen atoms in total. The first kappa shape index (κ1) is 11.5. The Balaban J connectivity index is 1.80. The average molecular weight is 219 g/mol. The maximum absolute atomic E-state index is 5.71. The Morgan fingerprint density at radius 2 is 1.88 bits per heavy atom. The molecule has 2 heteroatoms. The molecule has 0 aliphatic heterocycles. The smallest absolute Gasteiger partial charge is 0.118 e. The second kappa shape index (κ2) is 5.35. The zero-order valence-corrected chi connectivity index (χ0v) is 9.99. The van der Waals surface area contributed by atoms with Gasteiger partial charge in [0, 0.05) is 0 Å². The highest BCUT2D eigenvalue weighted by atomic mass is 16.5. The van der Waals surface area contributed by atoms with Gasteiger partial charge in [-0.25, -0.2) is 0 Å². The van der Waals surface area contributed by atoms with Gasteiger partial charge in [0.25, 0.3) is 0 Å². The third-order valence-electron chi connectivity index (χ3n) is 3.84. The second-order valence-corrected chi connectivity index (χ2v) is 4.72. The summed E-state index contributed by atoms with van der Waals surface area (Å²) in [5.74, 6) is 2.59. The van der Waals surface area contributed by atoms with Crippen molar-refractivity contribution in [2.75, 3.05) is 13.7 Å². The molecule has 0 amide bonds. The SMILES string of the molecule is COc1ccc(CCC2CCC2CN)cc1. The van der Waals surface area contributed by atoms with Gasteiger partial charge in [0.05, 0.1) is 7.11 Å². The number of nitrogens with two attached hydrogens (primary N) is 1. The Kier molecular flexibility index (Phi) is 3.83. The van der Waals surface area contributed by atoms with Gasteiger partial charge in [-0.3, -0.25) is 0 Å². The summed E-state index contributed by atoms with van der Waals surface area (Å²) < 4.78 is 5.15. The molecule has 16 heavy (non-hydrogen) atoms. The molecule has 0 saturated heterocycles. The molecule has 2 N–H and O–H groups in total. The van der Waals surface area contributed by atoms with Crippen LogP contribution in [0.4, 0.5) is 0 Å². The van der Waals surface area contributed by atoms with Crippen LogP contribution in [-0.2, 0) is 6.42 Å². The molecule has 1 aromatic rings. The Labute approximate surface area is 97.8 Å². The van der Waals surface area contributed by atoms with E-state index < -0.39 is 0 Å². The number of hydrogen-bond donors (Lipinski definition) is 1. The van der Waals surface area contributed by atoms with E-state index in [4.69, 9.17) is 10.5 Å². The molecule has 1 aliphatic carbocycles. The lowest BCUT2D eigenvalue weighted by Gasteiger charge is -2.35. The van der Waals surface area contributed by atoms with E-state index >= 15 is 0 Å². The van der Waals surface area contributed by atoms with Crippen molar-refractivity contribution in [3.63, 3.8) is 0 Å². The van der Waals surface area contributed by atoms with Crippen LogP contribution in [0.3, 0.4) is 0 Å². The highest BCUT2D eigenvalue weighted by Gasteiger charge is 2.28. The van der Waals surface area contributed by atoms with Gasteiger partial charge in [0.15, 0.2) is 0 Å². The molecular weight excluding hydrogens is 198 g/mol. The maximum Gasteiger partial charge on any atom is 0.118 e. The monoisotopic (exact) mass is 219 g/mol. The molecule has 1 aromatic carbocycles. The van der Waals surface area contributed by atoms with Crippen LogP contribution in [0.25, 0.3) is 0 Å². The van der Waals surface area contributed by atoms with Crippen LogP contribution in [0.15, 0.2) is 24.3 Å². The molecular formula is C14H21NO. The first-order valence-electron chi connectivity index (χ1n) is 6.16. The summed E-state index contributed by atoms with van der Waals surface area (Å²) >= 11 is 0. The van der Waals surface area contributed by atoms with Crippen molar-refractivity contribution in [3.8, 4) is 5.75 Å². The standard InChI is InChI=1S/C14H21NO/c1-16-14-8-3-11(4-9-14)2-5-12-6-7-13(12)10-15/h3-4,8-9,12-13H,2,5-7,10,15H2,1H3. The van der Waals surface area contributed by atoms with Gasteiger partial charge >= 0.3 is 0 Å². The fraction of sp³-hybridized carbons (Fsp3) is 0.571. The lowest BCUT2D eigenvalue weighted by Crippen LogP contribution is -2.32. The molecule has 0 spiro atoms. The Hall–Kier alpha value is -1.02. The first-order valence-corrected chi connectivity index (χ1v) is 6.16. The summed E-state index contributed by atoms with van der Waals surface area (Å²) in [5, 5.41) is 0. The molecule has 1 fully saturated rings. The van der Waals surface area contributed by atoms with Gasteiger partial charge in [-0.05, 0) is 61.8 Å². The summed E-state index contributed by atoms with van der Waals surface area (Å²) in [6.07, 6.45) is 5.17. The number of hydrogen-bond acceptors (Lipinski definition) is 2. The predicted octanol–water partition coefficient (Wildman–Crippen LogP) is 2.61. The molecule has 0 radical (unpaired) electrons. The summed E-state index contributed by atoms with van der Waals surface area (Å²) in [6, 6.07) is 8.40. The van der Waals surface area contributed by atoms with E-state index in [1.807, 2.05) is 12.1 Å². The fourth-order valence-corrected chi connectivity index (χ4v) is 2.47. The van der Waals surface area contributed by atoms with Gasteiger partial charge in [-0.15, -0.1) is 0 Å². The van der Waals surface area contributed by atoms with E-state index in [2.05, 4.69) is 12.1 Å². The van der Waals surface area contributed by atoms with Crippen LogP contribution in [0, 0.1) is 11.8 Å². The third-order valence-corrected chi connectivity index (χ3v) is 3.84. The first-order chi connectivity index (χ1) is 7.83. The van der Waals surface area contributed by atoms with Gasteiger partial charge in [0.2, 0.25) is 0 Å². The average Bonchev–Trinajstić information content (AvgIpc) is 2.29. The van der Waals surface area contributed by atoms with Crippen LogP contribution in [-0.4, -0.2) is 13.7 Å². The predicted molar refractivity (Wildman–Crippen MR) is 66.6 cm³/mol. The van der Waals surface area contributed by atoms with E-state index in [1.165, 1.54) is 31.2 Å². The third kappa shape index (κ3) is 2.56. The molecule has 2 unspecified atom stereocenters. The number of methoxy groups -OCH3 is 1. The molecule has 88 valence electrons. The minimum Gasteiger partial charge on any atom is -0.497 e. The summed E-state index contributed by atoms with van der Waals surface area (Å²) in [5.41, 5.74) is 7.12. The molecule has 1 aliphatic rings. The number of benzene rings is 1. The van der Waals surface area contributed by atoms with Crippen molar-refractivity contribution in [1.29, 1.82) is 0 Å². The van der Waals surface area contributed by atoms with Crippen molar-refractivity contribution in [3.05, 3.63) is 29.8 Å². The van der Waals surface area contributed by atoms with Gasteiger partial charge in [0.1, 0.15) is 5.75 Å². The van der Waals surface area contributed by atoms with Gasteiger partial charge < -0.3 is 10.5 Å². The van der Waals surface area contributed by atoms with E-state index in [0.29, 0.717) is 0 Å². The maximum atomic E-state index is 5.71. The molecule has 0 heterocycles. The Morgan fingerprint density at radius 3 is 2.38 bits per heavy atom. The summed E-state index contributed by atoms with van der Waals surface area (Å²) in [7, 11) is 1.70. The van der Waals surface area contributed by atoms with Crippen molar-refractivity contribution in [2.45, 2.75) is 25.7 Å². The normalized spacial score (nSPS) is 23.9. The molecule has 0 bridgehead atoms. The van der Waals surface area contributed by atoms with E-state index in [-0.39, 0.29) is 0 Å².